The number of para-hydroxylation sites is 2. The van der Waals surface area contributed by atoms with E-state index in [4.69, 9.17) is 9.47 Å². The van der Waals surface area contributed by atoms with Gasteiger partial charge in [-0.25, -0.2) is 0 Å². The summed E-state index contributed by atoms with van der Waals surface area (Å²) in [5.74, 6) is 0.705. The van der Waals surface area contributed by atoms with Gasteiger partial charge in [0.05, 0.1) is 18.0 Å². The van der Waals surface area contributed by atoms with Crippen molar-refractivity contribution >= 4 is 23.2 Å². The molecule has 0 aliphatic carbocycles. The van der Waals surface area contributed by atoms with Gasteiger partial charge in [0.2, 0.25) is 0 Å². The molecule has 0 unspecified atom stereocenters. The first-order chi connectivity index (χ1) is 16.2. The van der Waals surface area contributed by atoms with Crippen molar-refractivity contribution in [1.29, 1.82) is 0 Å². The number of likely N-dealkylation sites (tertiary alicyclic amines) is 1. The average molecular weight is 452 g/mol. The zero-order valence-corrected chi connectivity index (χ0v) is 19.3. The number of rotatable bonds is 8. The fourth-order valence-corrected chi connectivity index (χ4v) is 4.42. The lowest BCUT2D eigenvalue weighted by molar-refractivity contribution is -0.134. The summed E-state index contributed by atoms with van der Waals surface area (Å²) in [5.41, 5.74) is 2.32. The van der Waals surface area contributed by atoms with Gasteiger partial charge in [-0.2, -0.15) is 0 Å². The van der Waals surface area contributed by atoms with Crippen LogP contribution in [-0.2, 0) is 4.79 Å². The van der Waals surface area contributed by atoms with Crippen molar-refractivity contribution in [2.24, 2.45) is 0 Å². The molecule has 7 heteroatoms. The van der Waals surface area contributed by atoms with E-state index < -0.39 is 0 Å². The van der Waals surface area contributed by atoms with E-state index in [0.29, 0.717) is 23.7 Å². The summed E-state index contributed by atoms with van der Waals surface area (Å²) in [6.07, 6.45) is 5.59. The lowest BCUT2D eigenvalue weighted by atomic mass is 10.1. The Hall–Kier alpha value is -3.22. The van der Waals surface area contributed by atoms with Crippen molar-refractivity contribution in [3.05, 3.63) is 48.0 Å². The Labute approximate surface area is 195 Å². The normalized spacial score (nSPS) is 15.9. The maximum absolute atomic E-state index is 13.0. The van der Waals surface area contributed by atoms with E-state index in [9.17, 15) is 9.59 Å². The lowest BCUT2D eigenvalue weighted by Crippen LogP contribution is -2.38. The van der Waals surface area contributed by atoms with Crippen molar-refractivity contribution in [2.75, 3.05) is 49.6 Å². The first kappa shape index (κ1) is 23.0. The molecule has 2 aliphatic heterocycles. The second-order valence-corrected chi connectivity index (χ2v) is 8.49. The Balaban J connectivity index is 1.44. The number of piperidine rings is 1. The molecule has 2 aliphatic rings. The van der Waals surface area contributed by atoms with Crippen LogP contribution < -0.4 is 19.7 Å². The second kappa shape index (κ2) is 11.1. The van der Waals surface area contributed by atoms with Gasteiger partial charge in [-0.3, -0.25) is 9.59 Å². The van der Waals surface area contributed by atoms with Crippen LogP contribution in [0.2, 0.25) is 0 Å². The standard InChI is InChI=1S/C26H33N3O4/c1-2-32-24-18-20(12-13-23(24)33-19-25(30)29-16-6-3-7-17-29)26(31)27-21-10-4-5-11-22(21)28-14-8-9-15-28/h4-5,10-13,18H,2-3,6-9,14-17,19H2,1H3,(H,27,31). The maximum Gasteiger partial charge on any atom is 0.260 e. The summed E-state index contributed by atoms with van der Waals surface area (Å²) in [6, 6.07) is 13.0. The van der Waals surface area contributed by atoms with E-state index in [1.165, 1.54) is 19.3 Å². The molecule has 2 aromatic carbocycles. The van der Waals surface area contributed by atoms with E-state index in [1.54, 1.807) is 18.2 Å². The minimum atomic E-state index is -0.210. The van der Waals surface area contributed by atoms with Crippen LogP contribution in [0.25, 0.3) is 0 Å². The molecule has 0 radical (unpaired) electrons. The third-order valence-electron chi connectivity index (χ3n) is 6.16. The molecule has 1 N–H and O–H groups in total. The summed E-state index contributed by atoms with van der Waals surface area (Å²) < 4.78 is 11.5. The van der Waals surface area contributed by atoms with Gasteiger partial charge >= 0.3 is 0 Å². The van der Waals surface area contributed by atoms with E-state index in [1.807, 2.05) is 36.1 Å². The Morgan fingerprint density at radius 1 is 0.879 bits per heavy atom. The molecule has 0 aromatic heterocycles. The van der Waals surface area contributed by atoms with Crippen LogP contribution >= 0.6 is 0 Å². The van der Waals surface area contributed by atoms with Crippen molar-refractivity contribution < 1.29 is 19.1 Å². The molecule has 2 fully saturated rings. The molecule has 4 rings (SSSR count). The SMILES string of the molecule is CCOc1cc(C(=O)Nc2ccccc2N2CCCC2)ccc1OCC(=O)N1CCCCC1. The highest BCUT2D eigenvalue weighted by Gasteiger charge is 2.20. The van der Waals surface area contributed by atoms with Gasteiger partial charge in [0.1, 0.15) is 0 Å². The zero-order valence-electron chi connectivity index (χ0n) is 19.3. The van der Waals surface area contributed by atoms with Crippen LogP contribution in [0.1, 0.15) is 49.4 Å². The van der Waals surface area contributed by atoms with Gasteiger partial charge < -0.3 is 24.6 Å². The third kappa shape index (κ3) is 5.78. The predicted octanol–water partition coefficient (Wildman–Crippen LogP) is 4.33. The minimum absolute atomic E-state index is 0.0162. The maximum atomic E-state index is 13.0. The van der Waals surface area contributed by atoms with Crippen molar-refractivity contribution in [3.8, 4) is 11.5 Å². The van der Waals surface area contributed by atoms with Crippen LogP contribution in [0, 0.1) is 0 Å². The van der Waals surface area contributed by atoms with Crippen LogP contribution in [0.15, 0.2) is 42.5 Å². The topological polar surface area (TPSA) is 71.1 Å². The Kier molecular flexibility index (Phi) is 7.70. The van der Waals surface area contributed by atoms with Gasteiger partial charge in [-0.1, -0.05) is 12.1 Å². The fraction of sp³-hybridized carbons (Fsp3) is 0.462. The predicted molar refractivity (Wildman–Crippen MR) is 129 cm³/mol. The van der Waals surface area contributed by atoms with E-state index in [0.717, 1.165) is 50.4 Å². The van der Waals surface area contributed by atoms with Gasteiger partial charge in [0, 0.05) is 31.7 Å². The molecule has 0 saturated carbocycles. The smallest absolute Gasteiger partial charge is 0.260 e. The third-order valence-corrected chi connectivity index (χ3v) is 6.16. The number of hydrogen-bond acceptors (Lipinski definition) is 5. The van der Waals surface area contributed by atoms with Crippen LogP contribution in [0.5, 0.6) is 11.5 Å². The number of nitrogens with zero attached hydrogens (tertiary/aromatic N) is 2. The molecule has 0 spiro atoms. The first-order valence-corrected chi connectivity index (χ1v) is 12.0. The van der Waals surface area contributed by atoms with Gasteiger partial charge in [-0.15, -0.1) is 0 Å². The van der Waals surface area contributed by atoms with E-state index >= 15 is 0 Å². The molecule has 2 amide bonds. The quantitative estimate of drug-likeness (QED) is 0.647. The molecule has 2 heterocycles. The number of carbonyl (C=O) groups excluding carboxylic acids is 2. The lowest BCUT2D eigenvalue weighted by Gasteiger charge is -2.26. The summed E-state index contributed by atoms with van der Waals surface area (Å²) in [5, 5.41) is 3.05. The summed E-state index contributed by atoms with van der Waals surface area (Å²) in [6.45, 7) is 5.86. The molecule has 2 saturated heterocycles. The summed E-state index contributed by atoms with van der Waals surface area (Å²) >= 11 is 0. The van der Waals surface area contributed by atoms with Crippen molar-refractivity contribution in [2.45, 2.75) is 39.0 Å². The summed E-state index contributed by atoms with van der Waals surface area (Å²) in [7, 11) is 0. The highest BCUT2D eigenvalue weighted by molar-refractivity contribution is 6.06. The molecular weight excluding hydrogens is 418 g/mol. The number of nitrogens with one attached hydrogen (secondary N) is 1. The van der Waals surface area contributed by atoms with Crippen LogP contribution in [0.3, 0.4) is 0 Å². The van der Waals surface area contributed by atoms with E-state index in [-0.39, 0.29) is 18.4 Å². The van der Waals surface area contributed by atoms with Crippen molar-refractivity contribution in [1.82, 2.24) is 4.90 Å². The number of amides is 2. The molecule has 7 nitrogen and oxygen atoms in total. The number of hydrogen-bond donors (Lipinski definition) is 1. The number of benzene rings is 2. The molecule has 0 atom stereocenters. The monoisotopic (exact) mass is 451 g/mol. The average Bonchev–Trinajstić information content (AvgIpc) is 3.39. The number of carbonyl (C=O) groups is 2. The Bertz CT molecular complexity index is 966. The largest absolute Gasteiger partial charge is 0.490 e. The molecule has 2 aromatic rings. The molecule has 176 valence electrons. The summed E-state index contributed by atoms with van der Waals surface area (Å²) in [4.78, 5) is 29.6. The van der Waals surface area contributed by atoms with Crippen LogP contribution in [0.4, 0.5) is 11.4 Å². The van der Waals surface area contributed by atoms with E-state index in [2.05, 4.69) is 10.2 Å². The van der Waals surface area contributed by atoms with Gasteiger partial charge in [0.15, 0.2) is 18.1 Å². The number of ether oxygens (including phenoxy) is 2. The first-order valence-electron chi connectivity index (χ1n) is 12.0. The highest BCUT2D eigenvalue weighted by atomic mass is 16.5. The van der Waals surface area contributed by atoms with Gasteiger partial charge in [-0.05, 0) is 69.4 Å². The Morgan fingerprint density at radius 3 is 2.36 bits per heavy atom. The Morgan fingerprint density at radius 2 is 1.61 bits per heavy atom. The van der Waals surface area contributed by atoms with Crippen molar-refractivity contribution in [3.63, 3.8) is 0 Å². The molecule has 0 bridgehead atoms. The minimum Gasteiger partial charge on any atom is -0.490 e. The number of anilines is 2. The second-order valence-electron chi connectivity index (χ2n) is 8.49. The zero-order chi connectivity index (χ0) is 23.0. The molecular formula is C26H33N3O4. The molecule has 33 heavy (non-hydrogen) atoms. The van der Waals surface area contributed by atoms with Gasteiger partial charge in [0.25, 0.3) is 11.8 Å². The van der Waals surface area contributed by atoms with Crippen LogP contribution in [-0.4, -0.2) is 56.1 Å². The fourth-order valence-electron chi connectivity index (χ4n) is 4.42. The highest BCUT2D eigenvalue weighted by Crippen LogP contribution is 2.31.